The number of hydrogen-bond acceptors (Lipinski definition) is 6. The monoisotopic (exact) mass is 455 g/mol. The summed E-state index contributed by atoms with van der Waals surface area (Å²) in [6, 6.07) is 12.8. The molecule has 1 aromatic heterocycles. The highest BCUT2D eigenvalue weighted by Crippen LogP contribution is 2.31. The van der Waals surface area contributed by atoms with Gasteiger partial charge in [0.2, 0.25) is 0 Å². The van der Waals surface area contributed by atoms with E-state index in [4.69, 9.17) is 9.57 Å². The van der Waals surface area contributed by atoms with E-state index in [1.54, 1.807) is 39.7 Å². The molecular weight excluding hydrogens is 426 g/mol. The van der Waals surface area contributed by atoms with E-state index in [0.717, 1.165) is 10.6 Å². The van der Waals surface area contributed by atoms with Crippen molar-refractivity contribution in [2.24, 2.45) is 0 Å². The quantitative estimate of drug-likeness (QED) is 0.603. The van der Waals surface area contributed by atoms with Crippen LogP contribution >= 0.6 is 0 Å². The summed E-state index contributed by atoms with van der Waals surface area (Å²) >= 11 is 0. The zero-order chi connectivity index (χ0) is 23.5. The minimum Gasteiger partial charge on any atom is -0.357 e. The lowest BCUT2D eigenvalue weighted by Crippen LogP contribution is -2.57. The number of hydroxylamine groups is 2. The Morgan fingerprint density at radius 1 is 1.06 bits per heavy atom. The zero-order valence-electron chi connectivity index (χ0n) is 19.1. The number of rotatable bonds is 8. The van der Waals surface area contributed by atoms with Gasteiger partial charge in [-0.25, -0.2) is 4.79 Å². The summed E-state index contributed by atoms with van der Waals surface area (Å²) in [4.78, 5) is 49.0. The molecule has 1 aromatic carbocycles. The van der Waals surface area contributed by atoms with Crippen LogP contribution in [0.1, 0.15) is 28.5 Å². The maximum absolute atomic E-state index is 13.1. The van der Waals surface area contributed by atoms with Gasteiger partial charge in [-0.2, -0.15) is 5.06 Å². The average molecular weight is 456 g/mol. The number of aromatic nitrogens is 1. The molecule has 33 heavy (non-hydrogen) atoms. The fourth-order valence-corrected chi connectivity index (χ4v) is 4.54. The van der Waals surface area contributed by atoms with Crippen molar-refractivity contribution in [3.05, 3.63) is 59.9 Å². The van der Waals surface area contributed by atoms with Crippen LogP contribution in [0.2, 0.25) is 0 Å². The maximum Gasteiger partial charge on any atom is 0.322 e. The molecule has 10 heteroatoms. The summed E-state index contributed by atoms with van der Waals surface area (Å²) in [5, 5.41) is 1.15. The van der Waals surface area contributed by atoms with E-state index in [1.807, 2.05) is 30.3 Å². The minimum atomic E-state index is -0.763. The van der Waals surface area contributed by atoms with E-state index in [-0.39, 0.29) is 30.7 Å². The highest BCUT2D eigenvalue weighted by atomic mass is 16.7. The lowest BCUT2D eigenvalue weighted by atomic mass is 10.0. The second kappa shape index (κ2) is 9.74. The van der Waals surface area contributed by atoms with Gasteiger partial charge in [0.25, 0.3) is 5.91 Å². The van der Waals surface area contributed by atoms with Crippen molar-refractivity contribution in [3.63, 3.8) is 0 Å². The number of ketones is 1. The average Bonchev–Trinajstić information content (AvgIpc) is 3.30. The molecule has 0 unspecified atom stereocenters. The number of ether oxygens (including phenoxy) is 1. The van der Waals surface area contributed by atoms with Gasteiger partial charge in [0.05, 0.1) is 33.0 Å². The summed E-state index contributed by atoms with van der Waals surface area (Å²) in [5.41, 5.74) is 1.56. The molecule has 4 rings (SSSR count). The van der Waals surface area contributed by atoms with Crippen LogP contribution in [0.4, 0.5) is 4.79 Å². The van der Waals surface area contributed by atoms with Crippen LogP contribution in [0.25, 0.3) is 0 Å². The predicted octanol–water partition coefficient (Wildman–Crippen LogP) is 1.76. The molecule has 2 aliphatic rings. The normalized spacial score (nSPS) is 21.5. The second-order valence-corrected chi connectivity index (χ2v) is 8.33. The summed E-state index contributed by atoms with van der Waals surface area (Å²) in [5.74, 6) is -0.460. The van der Waals surface area contributed by atoms with E-state index in [2.05, 4.69) is 4.90 Å². The molecule has 3 amide bonds. The molecule has 0 radical (unpaired) electrons. The van der Waals surface area contributed by atoms with E-state index in [9.17, 15) is 14.4 Å². The molecule has 1 saturated heterocycles. The Balaban J connectivity index is 1.46. The number of urea groups is 1. The Morgan fingerprint density at radius 2 is 1.82 bits per heavy atom. The first kappa shape index (κ1) is 23.0. The molecule has 10 nitrogen and oxygen atoms in total. The highest BCUT2D eigenvalue weighted by molar-refractivity contribution is 5.93. The number of carbonyl (C=O) groups is 3. The maximum atomic E-state index is 13.1. The third kappa shape index (κ3) is 4.63. The Morgan fingerprint density at radius 3 is 2.52 bits per heavy atom. The Bertz CT molecular complexity index is 1010. The van der Waals surface area contributed by atoms with Crippen LogP contribution in [0, 0.1) is 0 Å². The molecule has 2 aliphatic heterocycles. The molecule has 176 valence electrons. The van der Waals surface area contributed by atoms with Gasteiger partial charge in [-0.15, -0.1) is 0 Å². The first-order valence-electron chi connectivity index (χ1n) is 10.8. The highest BCUT2D eigenvalue weighted by Gasteiger charge is 2.41. The predicted molar refractivity (Wildman–Crippen MR) is 119 cm³/mol. The topological polar surface area (TPSA) is 87.6 Å². The number of fused-ring (bicyclic) bond motifs is 1. The first-order chi connectivity index (χ1) is 15.9. The summed E-state index contributed by atoms with van der Waals surface area (Å²) < 4.78 is 7.27. The first-order valence-corrected chi connectivity index (χ1v) is 10.8. The van der Waals surface area contributed by atoms with Gasteiger partial charge in [0.1, 0.15) is 5.69 Å². The third-order valence-electron chi connectivity index (χ3n) is 5.99. The molecule has 2 aromatic rings. The van der Waals surface area contributed by atoms with E-state index < -0.39 is 12.3 Å². The van der Waals surface area contributed by atoms with Crippen molar-refractivity contribution >= 4 is 17.7 Å². The zero-order valence-corrected chi connectivity index (χ0v) is 19.1. The standard InChI is InChI=1S/C23H29N5O5/c1-24-15-25(13-17-8-5-4-6-9-17)16-26(23(24)31)14-18(29)12-20-22(32-2)28(33-3)21(30)19-10-7-11-27(19)20/h4-11,20,22H,12-16H2,1-3H3/t20-,22-/m1/s1. The number of Topliss-reactive ketones (excluding diaryl/α,β-unsaturated/α-hetero) is 1. The SMILES string of the molecule is CO[C@@H]1[C@@H](CC(=O)CN2CN(Cc3ccccc3)CN(C)C2=O)n2cccc2C(=O)N1OC. The number of amides is 3. The van der Waals surface area contributed by atoms with Crippen LogP contribution in [-0.2, 0) is 20.9 Å². The molecule has 0 saturated carbocycles. The summed E-state index contributed by atoms with van der Waals surface area (Å²) in [6.45, 7) is 1.50. The van der Waals surface area contributed by atoms with Crippen molar-refractivity contribution in [2.75, 3.05) is 41.1 Å². The number of benzene rings is 1. The number of nitrogens with zero attached hydrogens (tertiary/aromatic N) is 5. The molecule has 3 heterocycles. The van der Waals surface area contributed by atoms with Crippen molar-refractivity contribution in [1.29, 1.82) is 0 Å². The molecule has 0 spiro atoms. The van der Waals surface area contributed by atoms with Crippen molar-refractivity contribution < 1.29 is 24.0 Å². The van der Waals surface area contributed by atoms with E-state index >= 15 is 0 Å². The number of hydrogen-bond donors (Lipinski definition) is 0. The summed E-state index contributed by atoms with van der Waals surface area (Å²) in [6.07, 6.45) is 1.08. The molecular formula is C23H29N5O5. The fraction of sp³-hybridized carbons (Fsp3) is 0.435. The van der Waals surface area contributed by atoms with Gasteiger partial charge in [-0.05, 0) is 17.7 Å². The molecule has 0 bridgehead atoms. The minimum absolute atomic E-state index is 0.0288. The van der Waals surface area contributed by atoms with Crippen LogP contribution in [0.5, 0.6) is 0 Å². The lowest BCUT2D eigenvalue weighted by molar-refractivity contribution is -0.215. The van der Waals surface area contributed by atoms with Gasteiger partial charge < -0.3 is 19.1 Å². The van der Waals surface area contributed by atoms with Crippen LogP contribution < -0.4 is 0 Å². The van der Waals surface area contributed by atoms with Crippen LogP contribution in [0.3, 0.4) is 0 Å². The molecule has 2 atom stereocenters. The second-order valence-electron chi connectivity index (χ2n) is 8.33. The van der Waals surface area contributed by atoms with E-state index in [0.29, 0.717) is 25.6 Å². The van der Waals surface area contributed by atoms with Crippen LogP contribution in [0.15, 0.2) is 48.7 Å². The van der Waals surface area contributed by atoms with Gasteiger partial charge in [0.15, 0.2) is 12.0 Å². The Labute approximate surface area is 192 Å². The van der Waals surface area contributed by atoms with Gasteiger partial charge in [-0.1, -0.05) is 30.3 Å². The Hall–Kier alpha value is -3.21. The van der Waals surface area contributed by atoms with Crippen molar-refractivity contribution in [1.82, 2.24) is 24.3 Å². The smallest absolute Gasteiger partial charge is 0.322 e. The summed E-state index contributed by atoms with van der Waals surface area (Å²) in [7, 11) is 4.60. The van der Waals surface area contributed by atoms with Gasteiger partial charge in [-0.3, -0.25) is 19.3 Å². The Kier molecular flexibility index (Phi) is 6.77. The lowest BCUT2D eigenvalue weighted by Gasteiger charge is -2.41. The number of carbonyl (C=O) groups excluding carboxylic acids is 3. The molecule has 0 aliphatic carbocycles. The van der Waals surface area contributed by atoms with Crippen molar-refractivity contribution in [3.8, 4) is 0 Å². The van der Waals surface area contributed by atoms with E-state index in [1.165, 1.54) is 14.2 Å². The van der Waals surface area contributed by atoms with Crippen molar-refractivity contribution in [2.45, 2.75) is 25.2 Å². The molecule has 1 fully saturated rings. The largest absolute Gasteiger partial charge is 0.357 e. The number of methoxy groups -OCH3 is 1. The van der Waals surface area contributed by atoms with Gasteiger partial charge >= 0.3 is 6.03 Å². The van der Waals surface area contributed by atoms with Crippen LogP contribution in [-0.4, -0.2) is 89.4 Å². The third-order valence-corrected chi connectivity index (χ3v) is 5.99. The van der Waals surface area contributed by atoms with Gasteiger partial charge in [0, 0.05) is 33.3 Å². The molecule has 0 N–H and O–H groups in total. The fourth-order valence-electron chi connectivity index (χ4n) is 4.54.